The number of carboxylic acids is 1. The molecule has 21 heavy (non-hydrogen) atoms. The molecular formula is C17H29NO3. The molecule has 1 saturated carbocycles. The average molecular weight is 295 g/mol. The first-order chi connectivity index (χ1) is 9.98. The van der Waals surface area contributed by atoms with Gasteiger partial charge >= 0.3 is 5.97 Å². The first-order valence-corrected chi connectivity index (χ1v) is 8.50. The largest absolute Gasteiger partial charge is 0.481 e. The lowest BCUT2D eigenvalue weighted by molar-refractivity contribution is -0.156. The second-order valence-corrected chi connectivity index (χ2v) is 7.16. The Morgan fingerprint density at radius 3 is 2.48 bits per heavy atom. The zero-order valence-electron chi connectivity index (χ0n) is 13.4. The number of hydrogen-bond donors (Lipinski definition) is 1. The fourth-order valence-electron chi connectivity index (χ4n) is 4.05. The summed E-state index contributed by atoms with van der Waals surface area (Å²) in [6.07, 6.45) is 7.27. The van der Waals surface area contributed by atoms with E-state index in [1.165, 1.54) is 0 Å². The van der Waals surface area contributed by atoms with Crippen LogP contribution in [0.5, 0.6) is 0 Å². The van der Waals surface area contributed by atoms with Gasteiger partial charge in [-0.05, 0) is 50.9 Å². The van der Waals surface area contributed by atoms with E-state index >= 15 is 0 Å². The van der Waals surface area contributed by atoms with Gasteiger partial charge in [-0.1, -0.05) is 20.3 Å². The van der Waals surface area contributed by atoms with Crippen LogP contribution in [0.2, 0.25) is 0 Å². The summed E-state index contributed by atoms with van der Waals surface area (Å²) in [5.74, 6) is 0.350. The van der Waals surface area contributed by atoms with Crippen LogP contribution in [-0.2, 0) is 9.59 Å². The van der Waals surface area contributed by atoms with Crippen molar-refractivity contribution in [2.24, 2.45) is 17.3 Å². The Morgan fingerprint density at radius 2 is 1.90 bits per heavy atom. The minimum absolute atomic E-state index is 0.132. The van der Waals surface area contributed by atoms with Gasteiger partial charge in [0, 0.05) is 19.0 Å². The molecule has 0 aromatic carbocycles. The van der Waals surface area contributed by atoms with Gasteiger partial charge in [-0.25, -0.2) is 0 Å². The van der Waals surface area contributed by atoms with Crippen LogP contribution in [0.15, 0.2) is 0 Å². The van der Waals surface area contributed by atoms with Gasteiger partial charge in [0.2, 0.25) is 5.91 Å². The molecule has 120 valence electrons. The van der Waals surface area contributed by atoms with Gasteiger partial charge in [-0.3, -0.25) is 9.59 Å². The number of aliphatic carboxylic acids is 1. The van der Waals surface area contributed by atoms with Crippen molar-refractivity contribution in [2.75, 3.05) is 13.1 Å². The molecule has 1 amide bonds. The van der Waals surface area contributed by atoms with Gasteiger partial charge in [-0.2, -0.15) is 0 Å². The molecule has 2 aliphatic rings. The Bertz CT molecular complexity index is 383. The zero-order chi connectivity index (χ0) is 15.5. The third-order valence-electron chi connectivity index (χ3n) is 5.44. The maximum absolute atomic E-state index is 12.7. The fourth-order valence-corrected chi connectivity index (χ4v) is 4.05. The van der Waals surface area contributed by atoms with Crippen LogP contribution < -0.4 is 0 Å². The smallest absolute Gasteiger partial charge is 0.311 e. The van der Waals surface area contributed by atoms with E-state index in [2.05, 4.69) is 6.92 Å². The van der Waals surface area contributed by atoms with Crippen LogP contribution >= 0.6 is 0 Å². The molecule has 4 nitrogen and oxygen atoms in total. The Kier molecular flexibility index (Phi) is 5.28. The number of amides is 1. The van der Waals surface area contributed by atoms with E-state index < -0.39 is 11.4 Å². The van der Waals surface area contributed by atoms with Crippen LogP contribution in [0.25, 0.3) is 0 Å². The quantitative estimate of drug-likeness (QED) is 0.865. The third-order valence-corrected chi connectivity index (χ3v) is 5.44. The minimum Gasteiger partial charge on any atom is -0.481 e. The third kappa shape index (κ3) is 3.58. The first kappa shape index (κ1) is 16.3. The number of carbonyl (C=O) groups excluding carboxylic acids is 1. The van der Waals surface area contributed by atoms with Crippen molar-refractivity contribution in [3.8, 4) is 0 Å². The van der Waals surface area contributed by atoms with Gasteiger partial charge < -0.3 is 10.0 Å². The van der Waals surface area contributed by atoms with Crippen molar-refractivity contribution >= 4 is 11.9 Å². The molecule has 1 atom stereocenters. The standard InChI is InChI=1S/C17H29NO3/c1-3-9-17(16(20)21)10-4-11-18(12-17)15(19)14-7-5-13(2)6-8-14/h13-14H,3-12H2,1-2H3,(H,20,21). The fraction of sp³-hybridized carbons (Fsp3) is 0.882. The van der Waals surface area contributed by atoms with E-state index in [-0.39, 0.29) is 11.8 Å². The summed E-state index contributed by atoms with van der Waals surface area (Å²) in [4.78, 5) is 26.3. The van der Waals surface area contributed by atoms with Crippen molar-refractivity contribution in [1.29, 1.82) is 0 Å². The van der Waals surface area contributed by atoms with Crippen LogP contribution in [0.1, 0.15) is 65.2 Å². The number of likely N-dealkylation sites (tertiary alicyclic amines) is 1. The van der Waals surface area contributed by atoms with Crippen LogP contribution in [-0.4, -0.2) is 35.0 Å². The maximum atomic E-state index is 12.7. The molecule has 0 bridgehead atoms. The van der Waals surface area contributed by atoms with Crippen LogP contribution in [0, 0.1) is 17.3 Å². The summed E-state index contributed by atoms with van der Waals surface area (Å²) < 4.78 is 0. The molecule has 0 aromatic heterocycles. The minimum atomic E-state index is -0.723. The summed E-state index contributed by atoms with van der Waals surface area (Å²) in [7, 11) is 0. The summed E-state index contributed by atoms with van der Waals surface area (Å²) in [6.45, 7) is 5.43. The maximum Gasteiger partial charge on any atom is 0.311 e. The molecule has 2 fully saturated rings. The SMILES string of the molecule is CCCC1(C(=O)O)CCCN(C(=O)C2CCC(C)CC2)C1. The number of carbonyl (C=O) groups is 2. The molecule has 4 heteroatoms. The van der Waals surface area contributed by atoms with Gasteiger partial charge in [-0.15, -0.1) is 0 Å². The van der Waals surface area contributed by atoms with Crippen LogP contribution in [0.4, 0.5) is 0 Å². The number of hydrogen-bond acceptors (Lipinski definition) is 2. The predicted molar refractivity (Wildman–Crippen MR) is 81.9 cm³/mol. The highest BCUT2D eigenvalue weighted by Gasteiger charge is 2.43. The number of piperidine rings is 1. The number of carboxylic acid groups (broad SMARTS) is 1. The molecule has 1 aliphatic heterocycles. The Labute approximate surface area is 127 Å². The van der Waals surface area contributed by atoms with E-state index in [1.807, 2.05) is 11.8 Å². The zero-order valence-corrected chi connectivity index (χ0v) is 13.4. The van der Waals surface area contributed by atoms with Gasteiger partial charge in [0.1, 0.15) is 0 Å². The van der Waals surface area contributed by atoms with Crippen molar-refractivity contribution in [3.05, 3.63) is 0 Å². The monoisotopic (exact) mass is 295 g/mol. The summed E-state index contributed by atoms with van der Waals surface area (Å²) in [6, 6.07) is 0. The molecular weight excluding hydrogens is 266 g/mol. The average Bonchev–Trinajstić information content (AvgIpc) is 2.48. The lowest BCUT2D eigenvalue weighted by Gasteiger charge is -2.41. The van der Waals surface area contributed by atoms with Gasteiger partial charge in [0.05, 0.1) is 5.41 Å². The lowest BCUT2D eigenvalue weighted by Crippen LogP contribution is -2.51. The lowest BCUT2D eigenvalue weighted by atomic mass is 9.75. The van der Waals surface area contributed by atoms with Crippen molar-refractivity contribution in [1.82, 2.24) is 4.90 Å². The van der Waals surface area contributed by atoms with E-state index in [1.54, 1.807) is 0 Å². The molecule has 0 aromatic rings. The number of nitrogens with zero attached hydrogens (tertiary/aromatic N) is 1. The van der Waals surface area contributed by atoms with E-state index in [4.69, 9.17) is 0 Å². The second-order valence-electron chi connectivity index (χ2n) is 7.16. The highest BCUT2D eigenvalue weighted by atomic mass is 16.4. The molecule has 1 heterocycles. The topological polar surface area (TPSA) is 57.6 Å². The summed E-state index contributed by atoms with van der Waals surface area (Å²) in [5, 5.41) is 9.63. The van der Waals surface area contributed by atoms with E-state index in [0.29, 0.717) is 19.4 Å². The normalized spacial score (nSPS) is 33.7. The van der Waals surface area contributed by atoms with Crippen molar-refractivity contribution in [3.63, 3.8) is 0 Å². The molecule has 1 unspecified atom stereocenters. The molecule has 1 saturated heterocycles. The van der Waals surface area contributed by atoms with E-state index in [9.17, 15) is 14.7 Å². The molecule has 0 radical (unpaired) electrons. The van der Waals surface area contributed by atoms with Gasteiger partial charge in [0.25, 0.3) is 0 Å². The van der Waals surface area contributed by atoms with Crippen molar-refractivity contribution < 1.29 is 14.7 Å². The predicted octanol–water partition coefficient (Wildman–Crippen LogP) is 3.31. The van der Waals surface area contributed by atoms with Gasteiger partial charge in [0.15, 0.2) is 0 Å². The van der Waals surface area contributed by atoms with E-state index in [0.717, 1.165) is 51.0 Å². The van der Waals surface area contributed by atoms with Crippen molar-refractivity contribution in [2.45, 2.75) is 65.2 Å². The Hall–Kier alpha value is -1.06. The molecule has 2 rings (SSSR count). The first-order valence-electron chi connectivity index (χ1n) is 8.50. The number of rotatable bonds is 4. The second kappa shape index (κ2) is 6.80. The summed E-state index contributed by atoms with van der Waals surface area (Å²) >= 11 is 0. The molecule has 0 spiro atoms. The molecule has 1 aliphatic carbocycles. The highest BCUT2D eigenvalue weighted by Crippen LogP contribution is 2.37. The Balaban J connectivity index is 2.02. The Morgan fingerprint density at radius 1 is 1.24 bits per heavy atom. The van der Waals surface area contributed by atoms with Crippen LogP contribution in [0.3, 0.4) is 0 Å². The highest BCUT2D eigenvalue weighted by molar-refractivity contribution is 5.81. The summed E-state index contributed by atoms with van der Waals surface area (Å²) in [5.41, 5.74) is -0.704. The molecule has 1 N–H and O–H groups in total.